The molecule has 5 nitrogen and oxygen atoms in total. The first kappa shape index (κ1) is 15.7. The lowest BCUT2D eigenvalue weighted by atomic mass is 10.1. The van der Waals surface area contributed by atoms with Gasteiger partial charge >= 0.3 is 0 Å². The van der Waals surface area contributed by atoms with E-state index in [4.69, 9.17) is 5.73 Å². The van der Waals surface area contributed by atoms with Crippen LogP contribution in [0.2, 0.25) is 0 Å². The largest absolute Gasteiger partial charge is 0.368 e. The van der Waals surface area contributed by atoms with Gasteiger partial charge in [0.15, 0.2) is 0 Å². The van der Waals surface area contributed by atoms with Gasteiger partial charge in [0, 0.05) is 19.2 Å². The fourth-order valence-electron chi connectivity index (χ4n) is 2.21. The van der Waals surface area contributed by atoms with Crippen LogP contribution in [-0.2, 0) is 16.1 Å². The molecule has 0 aliphatic carbocycles. The summed E-state index contributed by atoms with van der Waals surface area (Å²) in [6.07, 6.45) is 0. The molecule has 2 aromatic carbocycles. The lowest BCUT2D eigenvalue weighted by molar-refractivity contribution is -0.120. The number of rotatable bonds is 6. The molecule has 0 saturated carbocycles. The molecule has 0 saturated heterocycles. The van der Waals surface area contributed by atoms with E-state index >= 15 is 0 Å². The summed E-state index contributed by atoms with van der Waals surface area (Å²) >= 11 is 0. The Balaban J connectivity index is 2.07. The van der Waals surface area contributed by atoms with Crippen LogP contribution in [0.3, 0.4) is 0 Å². The summed E-state index contributed by atoms with van der Waals surface area (Å²) in [5.41, 5.74) is 7.97. The third-order valence-electron chi connectivity index (χ3n) is 3.18. The van der Waals surface area contributed by atoms with Crippen molar-refractivity contribution in [2.75, 3.05) is 5.32 Å². The summed E-state index contributed by atoms with van der Waals surface area (Å²) in [6, 6.07) is 16.2. The van der Waals surface area contributed by atoms with Crippen LogP contribution in [0.25, 0.3) is 0 Å². The van der Waals surface area contributed by atoms with Crippen LogP contribution in [0.4, 0.5) is 5.69 Å². The van der Waals surface area contributed by atoms with E-state index in [1.807, 2.05) is 54.6 Å². The highest BCUT2D eigenvalue weighted by Gasteiger charge is 2.16. The first-order valence-electron chi connectivity index (χ1n) is 7.00. The monoisotopic (exact) mass is 297 g/mol. The maximum Gasteiger partial charge on any atom is 0.239 e. The van der Waals surface area contributed by atoms with Crippen molar-refractivity contribution in [1.29, 1.82) is 0 Å². The van der Waals surface area contributed by atoms with Gasteiger partial charge in [0.1, 0.15) is 6.04 Å². The molecule has 1 unspecified atom stereocenters. The van der Waals surface area contributed by atoms with E-state index in [0.717, 1.165) is 16.8 Å². The third kappa shape index (κ3) is 4.43. The number of nitrogens with one attached hydrogen (secondary N) is 2. The molecule has 0 spiro atoms. The Bertz CT molecular complexity index is 656. The molecule has 114 valence electrons. The quantitative estimate of drug-likeness (QED) is 0.762. The predicted octanol–water partition coefficient (Wildman–Crippen LogP) is 1.96. The van der Waals surface area contributed by atoms with Crippen LogP contribution < -0.4 is 16.4 Å². The normalized spacial score (nSPS) is 11.7. The molecule has 0 bridgehead atoms. The molecule has 0 aliphatic rings. The van der Waals surface area contributed by atoms with Crippen LogP contribution in [-0.4, -0.2) is 11.8 Å². The zero-order valence-corrected chi connectivity index (χ0v) is 12.4. The van der Waals surface area contributed by atoms with Gasteiger partial charge < -0.3 is 11.1 Å². The lowest BCUT2D eigenvalue weighted by Crippen LogP contribution is -2.33. The highest BCUT2D eigenvalue weighted by atomic mass is 16.1. The molecule has 1 atom stereocenters. The highest BCUT2D eigenvalue weighted by Crippen LogP contribution is 2.15. The molecule has 0 fully saturated rings. The maximum absolute atomic E-state index is 11.6. The number of benzene rings is 2. The van der Waals surface area contributed by atoms with Crippen molar-refractivity contribution >= 4 is 17.5 Å². The molecule has 0 aliphatic heterocycles. The van der Waals surface area contributed by atoms with E-state index in [9.17, 15) is 9.59 Å². The maximum atomic E-state index is 11.6. The molecule has 0 radical (unpaired) electrons. The lowest BCUT2D eigenvalue weighted by Gasteiger charge is -2.16. The van der Waals surface area contributed by atoms with Crippen molar-refractivity contribution in [3.05, 3.63) is 65.7 Å². The minimum atomic E-state index is -0.550. The highest BCUT2D eigenvalue weighted by molar-refractivity contribution is 5.88. The smallest absolute Gasteiger partial charge is 0.239 e. The van der Waals surface area contributed by atoms with E-state index in [0.29, 0.717) is 6.54 Å². The SMILES string of the molecule is CC(=O)Nc1cccc(CNC(C(N)=O)c2ccccc2)c1. The first-order chi connectivity index (χ1) is 10.6. The zero-order chi connectivity index (χ0) is 15.9. The molecule has 2 rings (SSSR count). The van der Waals surface area contributed by atoms with Crippen LogP contribution in [0.5, 0.6) is 0 Å². The zero-order valence-electron chi connectivity index (χ0n) is 12.4. The summed E-state index contributed by atoms with van der Waals surface area (Å²) in [6.45, 7) is 1.93. The molecule has 2 amide bonds. The van der Waals surface area contributed by atoms with Crippen molar-refractivity contribution in [3.63, 3.8) is 0 Å². The second kappa shape index (κ2) is 7.38. The van der Waals surface area contributed by atoms with Gasteiger partial charge in [0.05, 0.1) is 0 Å². The Kier molecular flexibility index (Phi) is 5.27. The van der Waals surface area contributed by atoms with Crippen molar-refractivity contribution in [3.8, 4) is 0 Å². The topological polar surface area (TPSA) is 84.2 Å². The van der Waals surface area contributed by atoms with E-state index in [2.05, 4.69) is 10.6 Å². The number of carbonyl (C=O) groups is 2. The summed E-state index contributed by atoms with van der Waals surface area (Å²) in [7, 11) is 0. The molecule has 22 heavy (non-hydrogen) atoms. The van der Waals surface area contributed by atoms with E-state index in [1.54, 1.807) is 0 Å². The molecule has 0 heterocycles. The van der Waals surface area contributed by atoms with Crippen molar-refractivity contribution < 1.29 is 9.59 Å². The molecule has 2 aromatic rings. The Morgan fingerprint density at radius 3 is 2.45 bits per heavy atom. The van der Waals surface area contributed by atoms with E-state index < -0.39 is 11.9 Å². The van der Waals surface area contributed by atoms with Crippen LogP contribution in [0.15, 0.2) is 54.6 Å². The van der Waals surface area contributed by atoms with Crippen molar-refractivity contribution in [1.82, 2.24) is 5.32 Å². The average Bonchev–Trinajstić information content (AvgIpc) is 2.48. The van der Waals surface area contributed by atoms with Gasteiger partial charge in [-0.1, -0.05) is 42.5 Å². The summed E-state index contributed by atoms with van der Waals surface area (Å²) in [5, 5.41) is 5.87. The minimum Gasteiger partial charge on any atom is -0.368 e. The Morgan fingerprint density at radius 1 is 1.09 bits per heavy atom. The third-order valence-corrected chi connectivity index (χ3v) is 3.18. The van der Waals surface area contributed by atoms with Crippen LogP contribution in [0, 0.1) is 0 Å². The van der Waals surface area contributed by atoms with Crippen LogP contribution >= 0.6 is 0 Å². The Hall–Kier alpha value is -2.66. The molecule has 5 heteroatoms. The average molecular weight is 297 g/mol. The number of hydrogen-bond donors (Lipinski definition) is 3. The fraction of sp³-hybridized carbons (Fsp3) is 0.176. The number of nitrogens with two attached hydrogens (primary N) is 1. The van der Waals surface area contributed by atoms with Gasteiger partial charge in [0.25, 0.3) is 0 Å². The molecule has 0 aromatic heterocycles. The number of carbonyl (C=O) groups excluding carboxylic acids is 2. The Labute approximate surface area is 129 Å². The number of anilines is 1. The molecular formula is C17H19N3O2. The predicted molar refractivity (Wildman–Crippen MR) is 86.0 cm³/mol. The van der Waals surface area contributed by atoms with Gasteiger partial charge in [-0.15, -0.1) is 0 Å². The van der Waals surface area contributed by atoms with Crippen molar-refractivity contribution in [2.24, 2.45) is 5.73 Å². The number of hydrogen-bond acceptors (Lipinski definition) is 3. The standard InChI is InChI=1S/C17H19N3O2/c1-12(21)20-15-9-5-6-13(10-15)11-19-16(17(18)22)14-7-3-2-4-8-14/h2-10,16,19H,11H2,1H3,(H2,18,22)(H,20,21). The molecule has 4 N–H and O–H groups in total. The first-order valence-corrected chi connectivity index (χ1v) is 7.00. The molecular weight excluding hydrogens is 278 g/mol. The summed E-state index contributed by atoms with van der Waals surface area (Å²) in [5.74, 6) is -0.548. The van der Waals surface area contributed by atoms with Gasteiger partial charge in [-0.25, -0.2) is 0 Å². The van der Waals surface area contributed by atoms with E-state index in [-0.39, 0.29) is 5.91 Å². The minimum absolute atomic E-state index is 0.121. The number of amides is 2. The van der Waals surface area contributed by atoms with Gasteiger partial charge in [-0.05, 0) is 23.3 Å². The van der Waals surface area contributed by atoms with E-state index in [1.165, 1.54) is 6.92 Å². The Morgan fingerprint density at radius 2 is 1.82 bits per heavy atom. The van der Waals surface area contributed by atoms with Gasteiger partial charge in [-0.3, -0.25) is 14.9 Å². The fourth-order valence-corrected chi connectivity index (χ4v) is 2.21. The summed E-state index contributed by atoms with van der Waals surface area (Å²) < 4.78 is 0. The second-order valence-corrected chi connectivity index (χ2v) is 5.01. The van der Waals surface area contributed by atoms with Gasteiger partial charge in [0.2, 0.25) is 11.8 Å². The summed E-state index contributed by atoms with van der Waals surface area (Å²) in [4.78, 5) is 22.7. The van der Waals surface area contributed by atoms with Gasteiger partial charge in [-0.2, -0.15) is 0 Å². The van der Waals surface area contributed by atoms with Crippen molar-refractivity contribution in [2.45, 2.75) is 19.5 Å². The second-order valence-electron chi connectivity index (χ2n) is 5.01. The van der Waals surface area contributed by atoms with Crippen LogP contribution in [0.1, 0.15) is 24.1 Å². The number of primary amides is 1.